The molecule has 0 spiro atoms. The Balaban J connectivity index is 1.62. The van der Waals surface area contributed by atoms with E-state index in [1.54, 1.807) is 7.11 Å². The van der Waals surface area contributed by atoms with Gasteiger partial charge in [0.1, 0.15) is 5.75 Å². The summed E-state index contributed by atoms with van der Waals surface area (Å²) in [6, 6.07) is 15.0. The summed E-state index contributed by atoms with van der Waals surface area (Å²) in [6.45, 7) is 0.670. The van der Waals surface area contributed by atoms with Gasteiger partial charge in [-0.05, 0) is 72.0 Å². The van der Waals surface area contributed by atoms with Gasteiger partial charge in [0, 0.05) is 28.2 Å². The van der Waals surface area contributed by atoms with E-state index in [-0.39, 0.29) is 11.9 Å². The lowest BCUT2D eigenvalue weighted by molar-refractivity contribution is 0.0691. The third-order valence-electron chi connectivity index (χ3n) is 6.04. The Morgan fingerprint density at radius 2 is 1.80 bits per heavy atom. The number of fused-ring (bicyclic) bond motifs is 3. The number of aromatic nitrogens is 1. The van der Waals surface area contributed by atoms with Crippen molar-refractivity contribution in [2.45, 2.75) is 25.3 Å². The van der Waals surface area contributed by atoms with Crippen molar-refractivity contribution in [1.29, 1.82) is 0 Å². The van der Waals surface area contributed by atoms with Gasteiger partial charge in [-0.2, -0.15) is 0 Å². The Hall–Kier alpha value is -2.98. The van der Waals surface area contributed by atoms with E-state index in [1.807, 2.05) is 53.4 Å². The van der Waals surface area contributed by atoms with Gasteiger partial charge in [-0.1, -0.05) is 35.9 Å². The average Bonchev–Trinajstić information content (AvgIpc) is 3.17. The largest absolute Gasteiger partial charge is 0.497 e. The summed E-state index contributed by atoms with van der Waals surface area (Å²) in [4.78, 5) is 19.1. The van der Waals surface area contributed by atoms with Crippen LogP contribution in [0.3, 0.4) is 0 Å². The molecule has 5 rings (SSSR count). The zero-order chi connectivity index (χ0) is 20.7. The molecule has 3 aromatic rings. The number of methoxy groups -OCH3 is 1. The number of H-pyrrole nitrogens is 1. The molecule has 0 radical (unpaired) electrons. The first-order chi connectivity index (χ1) is 14.7. The van der Waals surface area contributed by atoms with Crippen molar-refractivity contribution in [3.8, 4) is 5.75 Å². The minimum atomic E-state index is -0.173. The Bertz CT molecular complexity index is 1210. The maximum atomic E-state index is 13.5. The molecule has 1 amide bonds. The molecule has 2 heterocycles. The van der Waals surface area contributed by atoms with E-state index in [0.29, 0.717) is 17.1 Å². The van der Waals surface area contributed by atoms with Crippen LogP contribution in [-0.4, -0.2) is 29.4 Å². The van der Waals surface area contributed by atoms with Crippen LogP contribution in [0.2, 0.25) is 5.02 Å². The molecule has 5 heteroatoms. The minimum absolute atomic E-state index is 0.0174. The van der Waals surface area contributed by atoms with Gasteiger partial charge in [0.25, 0.3) is 5.91 Å². The highest BCUT2D eigenvalue weighted by Crippen LogP contribution is 2.34. The fourth-order valence-corrected chi connectivity index (χ4v) is 4.70. The van der Waals surface area contributed by atoms with Crippen molar-refractivity contribution in [3.63, 3.8) is 0 Å². The number of ether oxygens (including phenoxy) is 1. The molecule has 0 fully saturated rings. The van der Waals surface area contributed by atoms with Crippen molar-refractivity contribution in [3.05, 3.63) is 86.5 Å². The van der Waals surface area contributed by atoms with Crippen LogP contribution < -0.4 is 15.3 Å². The molecule has 1 aromatic heterocycles. The Labute approximate surface area is 180 Å². The van der Waals surface area contributed by atoms with Crippen LogP contribution in [0.25, 0.3) is 12.2 Å². The number of hydrogen-bond donors (Lipinski definition) is 1. The molecular weight excluding hydrogens is 396 g/mol. The van der Waals surface area contributed by atoms with Crippen molar-refractivity contribution in [2.24, 2.45) is 0 Å². The van der Waals surface area contributed by atoms with Crippen molar-refractivity contribution in [2.75, 3.05) is 13.7 Å². The van der Waals surface area contributed by atoms with E-state index >= 15 is 0 Å². The first-order valence-electron chi connectivity index (χ1n) is 10.3. The van der Waals surface area contributed by atoms with E-state index in [9.17, 15) is 4.79 Å². The maximum Gasteiger partial charge on any atom is 0.254 e. The molecule has 0 saturated heterocycles. The van der Waals surface area contributed by atoms with Gasteiger partial charge in [0.05, 0.1) is 13.2 Å². The number of hydrogen-bond acceptors (Lipinski definition) is 2. The third-order valence-corrected chi connectivity index (χ3v) is 6.30. The monoisotopic (exact) mass is 418 g/mol. The Morgan fingerprint density at radius 3 is 2.53 bits per heavy atom. The first kappa shape index (κ1) is 19.0. The average molecular weight is 419 g/mol. The molecule has 30 heavy (non-hydrogen) atoms. The van der Waals surface area contributed by atoms with Gasteiger partial charge in [-0.3, -0.25) is 4.79 Å². The number of aromatic amines is 1. The predicted octanol–water partition coefficient (Wildman–Crippen LogP) is 3.82. The van der Waals surface area contributed by atoms with Crippen molar-refractivity contribution < 1.29 is 9.53 Å². The van der Waals surface area contributed by atoms with Gasteiger partial charge in [-0.15, -0.1) is 0 Å². The molecule has 1 aliphatic heterocycles. The number of rotatable bonds is 3. The zero-order valence-electron chi connectivity index (χ0n) is 16.8. The van der Waals surface area contributed by atoms with Crippen LogP contribution in [-0.2, 0) is 6.42 Å². The van der Waals surface area contributed by atoms with Gasteiger partial charge in [0.15, 0.2) is 0 Å². The molecule has 1 atom stereocenters. The lowest BCUT2D eigenvalue weighted by atomic mass is 9.92. The molecule has 4 nitrogen and oxygen atoms in total. The summed E-state index contributed by atoms with van der Waals surface area (Å²) in [5.41, 5.74) is 4.16. The quantitative estimate of drug-likeness (QED) is 0.702. The number of halogens is 1. The van der Waals surface area contributed by atoms with E-state index in [4.69, 9.17) is 16.3 Å². The van der Waals surface area contributed by atoms with Gasteiger partial charge in [0.2, 0.25) is 0 Å². The summed E-state index contributed by atoms with van der Waals surface area (Å²) in [5, 5.41) is 3.19. The number of benzene rings is 2. The van der Waals surface area contributed by atoms with Gasteiger partial charge >= 0.3 is 0 Å². The summed E-state index contributed by atoms with van der Waals surface area (Å²) in [6.07, 6.45) is 7.55. The summed E-state index contributed by atoms with van der Waals surface area (Å²) in [7, 11) is 1.63. The fraction of sp³-hybridized carbons (Fsp3) is 0.240. The molecular formula is C25H23ClN2O2. The highest BCUT2D eigenvalue weighted by molar-refractivity contribution is 6.30. The molecule has 1 unspecified atom stereocenters. The number of amides is 1. The van der Waals surface area contributed by atoms with Gasteiger partial charge < -0.3 is 14.6 Å². The zero-order valence-corrected chi connectivity index (χ0v) is 17.6. The van der Waals surface area contributed by atoms with Crippen LogP contribution in [0.1, 0.15) is 46.1 Å². The van der Waals surface area contributed by atoms with Crippen molar-refractivity contribution >= 4 is 29.7 Å². The Kier molecular flexibility index (Phi) is 4.87. The number of nitrogens with zero attached hydrogens (tertiary/aromatic N) is 1. The highest BCUT2D eigenvalue weighted by atomic mass is 35.5. The van der Waals surface area contributed by atoms with Crippen molar-refractivity contribution in [1.82, 2.24) is 9.88 Å². The summed E-state index contributed by atoms with van der Waals surface area (Å²) in [5.74, 6) is 0.758. The standard InChI is InChI=1S/C25H23ClN2O2/c1-30-19-12-8-17(9-13-19)25(29)28-15-14-21-20-4-2-3-5-22(20)27-23(21)24(28)16-6-10-18(26)11-7-16/h4-13,24,27H,2-3,14-15H2,1H3. The van der Waals surface area contributed by atoms with E-state index in [1.165, 1.54) is 16.1 Å². The van der Waals surface area contributed by atoms with Crippen LogP contribution in [0.4, 0.5) is 0 Å². The number of carbonyl (C=O) groups is 1. The van der Waals surface area contributed by atoms with E-state index < -0.39 is 0 Å². The second kappa shape index (κ2) is 7.69. The molecule has 2 aliphatic rings. The normalized spacial score (nSPS) is 17.4. The molecule has 1 aliphatic carbocycles. The molecule has 2 aromatic carbocycles. The van der Waals surface area contributed by atoms with Crippen LogP contribution in [0, 0.1) is 0 Å². The second-order valence-electron chi connectivity index (χ2n) is 7.76. The number of carbonyl (C=O) groups excluding carboxylic acids is 1. The third kappa shape index (κ3) is 3.21. The first-order valence-corrected chi connectivity index (χ1v) is 10.6. The molecule has 1 N–H and O–H groups in total. The topological polar surface area (TPSA) is 45.3 Å². The van der Waals surface area contributed by atoms with Crippen LogP contribution in [0.15, 0.2) is 48.5 Å². The van der Waals surface area contributed by atoms with Gasteiger partial charge in [-0.25, -0.2) is 0 Å². The molecule has 0 saturated carbocycles. The number of nitrogens with one attached hydrogen (secondary N) is 1. The Morgan fingerprint density at radius 1 is 1.07 bits per heavy atom. The predicted molar refractivity (Wildman–Crippen MR) is 119 cm³/mol. The lowest BCUT2D eigenvalue weighted by Crippen LogP contribution is -2.41. The lowest BCUT2D eigenvalue weighted by Gasteiger charge is -2.36. The molecule has 152 valence electrons. The summed E-state index contributed by atoms with van der Waals surface area (Å²) >= 11 is 6.15. The van der Waals surface area contributed by atoms with E-state index in [2.05, 4.69) is 17.1 Å². The maximum absolute atomic E-state index is 13.5. The van der Waals surface area contributed by atoms with Crippen LogP contribution >= 0.6 is 11.6 Å². The molecule has 0 bridgehead atoms. The highest BCUT2D eigenvalue weighted by Gasteiger charge is 2.34. The second-order valence-corrected chi connectivity index (χ2v) is 8.20. The van der Waals surface area contributed by atoms with Crippen LogP contribution in [0.5, 0.6) is 5.75 Å². The SMILES string of the molecule is COc1ccc(C(=O)N2CCc3c([nH]c4c3=CCCC=4)C2c2ccc(Cl)cc2)cc1. The van der Waals surface area contributed by atoms with E-state index in [0.717, 1.165) is 36.3 Å². The minimum Gasteiger partial charge on any atom is -0.497 e. The summed E-state index contributed by atoms with van der Waals surface area (Å²) < 4.78 is 5.24. The smallest absolute Gasteiger partial charge is 0.254 e. The fourth-order valence-electron chi connectivity index (χ4n) is 4.57.